The van der Waals surface area contributed by atoms with E-state index in [0.717, 1.165) is 18.4 Å². The highest BCUT2D eigenvalue weighted by molar-refractivity contribution is 5.85. The van der Waals surface area contributed by atoms with Crippen LogP contribution in [0.4, 0.5) is 0 Å². The van der Waals surface area contributed by atoms with Crippen LogP contribution in [0.25, 0.3) is 10.9 Å². The van der Waals surface area contributed by atoms with Gasteiger partial charge in [-0.15, -0.1) is 0 Å². The number of hydrogen-bond donors (Lipinski definition) is 1. The first-order chi connectivity index (χ1) is 11.1. The van der Waals surface area contributed by atoms with Gasteiger partial charge in [0.05, 0.1) is 0 Å². The number of aryl methyl sites for hydroxylation is 1. The molecule has 0 atom stereocenters. The molecule has 1 N–H and O–H groups in total. The number of nitrogens with zero attached hydrogens (tertiary/aromatic N) is 2. The Kier molecular flexibility index (Phi) is 4.37. The number of fused-ring (bicyclic) bond motifs is 1. The molecule has 0 saturated carbocycles. The molecule has 0 bridgehead atoms. The minimum Gasteiger partial charge on any atom is -0.352 e. The number of benzene rings is 1. The van der Waals surface area contributed by atoms with Gasteiger partial charge in [0.25, 0.3) is 0 Å². The van der Waals surface area contributed by atoms with E-state index in [1.165, 1.54) is 10.9 Å². The van der Waals surface area contributed by atoms with Crippen LogP contribution in [0.3, 0.4) is 0 Å². The number of likely N-dealkylation sites (tertiary alicyclic amines) is 1. The maximum atomic E-state index is 12.4. The second-order valence-corrected chi connectivity index (χ2v) is 6.28. The molecule has 1 aliphatic heterocycles. The fraction of sp³-hybridized carbons (Fsp3) is 0.444. The molecule has 2 heterocycles. The summed E-state index contributed by atoms with van der Waals surface area (Å²) in [6, 6.07) is 8.21. The Morgan fingerprint density at radius 3 is 2.61 bits per heavy atom. The number of piperidine rings is 1. The summed E-state index contributed by atoms with van der Waals surface area (Å²) >= 11 is 0. The minimum atomic E-state index is 0.0144. The number of hydrogen-bond acceptors (Lipinski definition) is 2. The lowest BCUT2D eigenvalue weighted by molar-refractivity contribution is -0.134. The topological polar surface area (TPSA) is 54.3 Å². The van der Waals surface area contributed by atoms with Crippen molar-refractivity contribution in [2.24, 2.45) is 13.0 Å². The Morgan fingerprint density at radius 2 is 1.91 bits per heavy atom. The SMILES string of the molecule is CC(=O)N1CCC(C(=O)NCc2cn(C)c3ccccc23)CC1. The van der Waals surface area contributed by atoms with E-state index in [2.05, 4.69) is 28.2 Å². The third-order valence-corrected chi connectivity index (χ3v) is 4.74. The molecule has 0 unspecified atom stereocenters. The summed E-state index contributed by atoms with van der Waals surface area (Å²) in [6.45, 7) is 3.50. The second kappa shape index (κ2) is 6.44. The molecule has 122 valence electrons. The Bertz CT molecular complexity index is 727. The lowest BCUT2D eigenvalue weighted by atomic mass is 9.96. The van der Waals surface area contributed by atoms with Crippen molar-refractivity contribution in [2.45, 2.75) is 26.3 Å². The predicted octanol–water partition coefficient (Wildman–Crippen LogP) is 2.05. The van der Waals surface area contributed by atoms with E-state index in [4.69, 9.17) is 0 Å². The first-order valence-electron chi connectivity index (χ1n) is 8.12. The lowest BCUT2D eigenvalue weighted by Crippen LogP contribution is -2.42. The predicted molar refractivity (Wildman–Crippen MR) is 89.7 cm³/mol. The summed E-state index contributed by atoms with van der Waals surface area (Å²) < 4.78 is 2.09. The van der Waals surface area contributed by atoms with E-state index in [1.807, 2.05) is 24.1 Å². The van der Waals surface area contributed by atoms with Crippen LogP contribution in [-0.4, -0.2) is 34.4 Å². The quantitative estimate of drug-likeness (QED) is 0.943. The van der Waals surface area contributed by atoms with Gasteiger partial charge in [-0.2, -0.15) is 0 Å². The summed E-state index contributed by atoms with van der Waals surface area (Å²) in [6.07, 6.45) is 3.57. The normalized spacial score (nSPS) is 15.8. The standard InChI is InChI=1S/C18H23N3O2/c1-13(22)21-9-7-14(8-10-21)18(23)19-11-15-12-20(2)17-6-4-3-5-16(15)17/h3-6,12,14H,7-11H2,1-2H3,(H,19,23). The molecule has 1 fully saturated rings. The van der Waals surface area contributed by atoms with Gasteiger partial charge in [0.2, 0.25) is 11.8 Å². The van der Waals surface area contributed by atoms with Crippen molar-refractivity contribution in [1.29, 1.82) is 0 Å². The fourth-order valence-electron chi connectivity index (χ4n) is 3.35. The maximum Gasteiger partial charge on any atom is 0.223 e. The molecule has 23 heavy (non-hydrogen) atoms. The average Bonchev–Trinajstić information content (AvgIpc) is 2.89. The van der Waals surface area contributed by atoms with E-state index in [9.17, 15) is 9.59 Å². The molecule has 1 aliphatic rings. The van der Waals surface area contributed by atoms with Crippen molar-refractivity contribution in [2.75, 3.05) is 13.1 Å². The van der Waals surface area contributed by atoms with E-state index in [-0.39, 0.29) is 17.7 Å². The zero-order valence-electron chi connectivity index (χ0n) is 13.7. The Morgan fingerprint density at radius 1 is 1.22 bits per heavy atom. The number of para-hydroxylation sites is 1. The van der Waals surface area contributed by atoms with Crippen LogP contribution >= 0.6 is 0 Å². The summed E-state index contributed by atoms with van der Waals surface area (Å²) in [5.74, 6) is 0.210. The van der Waals surface area contributed by atoms with E-state index in [0.29, 0.717) is 19.6 Å². The van der Waals surface area contributed by atoms with Crippen LogP contribution in [0.1, 0.15) is 25.3 Å². The number of rotatable bonds is 3. The molecule has 0 radical (unpaired) electrons. The third kappa shape index (κ3) is 3.23. The summed E-state index contributed by atoms with van der Waals surface area (Å²) in [5, 5.41) is 4.24. The van der Waals surface area contributed by atoms with Gasteiger partial charge in [-0.3, -0.25) is 9.59 Å². The number of carbonyl (C=O) groups excluding carboxylic acids is 2. The van der Waals surface area contributed by atoms with Crippen molar-refractivity contribution in [3.63, 3.8) is 0 Å². The summed E-state index contributed by atoms with van der Waals surface area (Å²) in [5.41, 5.74) is 2.31. The number of amides is 2. The Hall–Kier alpha value is -2.30. The van der Waals surface area contributed by atoms with Gasteiger partial charge in [-0.25, -0.2) is 0 Å². The molecule has 1 saturated heterocycles. The average molecular weight is 313 g/mol. The Balaban J connectivity index is 1.60. The molecular formula is C18H23N3O2. The molecule has 2 amide bonds. The molecule has 0 spiro atoms. The van der Waals surface area contributed by atoms with Gasteiger partial charge in [0, 0.05) is 56.6 Å². The molecule has 1 aromatic carbocycles. The lowest BCUT2D eigenvalue weighted by Gasteiger charge is -2.30. The zero-order valence-corrected chi connectivity index (χ0v) is 13.7. The van der Waals surface area contributed by atoms with Gasteiger partial charge in [-0.1, -0.05) is 18.2 Å². The highest BCUT2D eigenvalue weighted by Gasteiger charge is 2.25. The third-order valence-electron chi connectivity index (χ3n) is 4.74. The molecular weight excluding hydrogens is 290 g/mol. The molecule has 3 rings (SSSR count). The highest BCUT2D eigenvalue weighted by atomic mass is 16.2. The minimum absolute atomic E-state index is 0.0144. The molecule has 0 aliphatic carbocycles. The number of nitrogens with one attached hydrogen (secondary N) is 1. The van der Waals surface area contributed by atoms with E-state index < -0.39 is 0 Å². The van der Waals surface area contributed by atoms with Gasteiger partial charge < -0.3 is 14.8 Å². The fourth-order valence-corrected chi connectivity index (χ4v) is 3.35. The highest BCUT2D eigenvalue weighted by Crippen LogP contribution is 2.21. The Labute approximate surface area is 136 Å². The first-order valence-corrected chi connectivity index (χ1v) is 8.12. The monoisotopic (exact) mass is 313 g/mol. The van der Waals surface area contributed by atoms with Gasteiger partial charge in [0.15, 0.2) is 0 Å². The zero-order chi connectivity index (χ0) is 16.4. The van der Waals surface area contributed by atoms with E-state index >= 15 is 0 Å². The number of carbonyl (C=O) groups is 2. The van der Waals surface area contributed by atoms with Crippen LogP contribution in [0.5, 0.6) is 0 Å². The van der Waals surface area contributed by atoms with Gasteiger partial charge in [0.1, 0.15) is 0 Å². The van der Waals surface area contributed by atoms with Crippen LogP contribution in [0, 0.1) is 5.92 Å². The maximum absolute atomic E-state index is 12.4. The van der Waals surface area contributed by atoms with Gasteiger partial charge >= 0.3 is 0 Å². The summed E-state index contributed by atoms with van der Waals surface area (Å²) in [4.78, 5) is 25.5. The second-order valence-electron chi connectivity index (χ2n) is 6.28. The molecule has 1 aromatic heterocycles. The smallest absolute Gasteiger partial charge is 0.223 e. The molecule has 2 aromatic rings. The first kappa shape index (κ1) is 15.6. The largest absolute Gasteiger partial charge is 0.352 e. The molecule has 5 heteroatoms. The van der Waals surface area contributed by atoms with Crippen LogP contribution in [0.15, 0.2) is 30.5 Å². The molecule has 5 nitrogen and oxygen atoms in total. The van der Waals surface area contributed by atoms with Crippen molar-refractivity contribution in [1.82, 2.24) is 14.8 Å². The summed E-state index contributed by atoms with van der Waals surface area (Å²) in [7, 11) is 2.02. The van der Waals surface area contributed by atoms with Crippen molar-refractivity contribution in [3.05, 3.63) is 36.0 Å². The van der Waals surface area contributed by atoms with Crippen molar-refractivity contribution >= 4 is 22.7 Å². The van der Waals surface area contributed by atoms with Gasteiger partial charge in [-0.05, 0) is 24.5 Å². The van der Waals surface area contributed by atoms with Crippen LogP contribution < -0.4 is 5.32 Å². The van der Waals surface area contributed by atoms with Crippen LogP contribution in [0.2, 0.25) is 0 Å². The van der Waals surface area contributed by atoms with Crippen molar-refractivity contribution < 1.29 is 9.59 Å². The van der Waals surface area contributed by atoms with Crippen LogP contribution in [-0.2, 0) is 23.2 Å². The number of aromatic nitrogens is 1. The van der Waals surface area contributed by atoms with E-state index in [1.54, 1.807) is 6.92 Å². The van der Waals surface area contributed by atoms with Crippen molar-refractivity contribution in [3.8, 4) is 0 Å².